The van der Waals surface area contributed by atoms with Crippen LogP contribution in [0.1, 0.15) is 20.3 Å². The average Bonchev–Trinajstić information content (AvgIpc) is 1.82. The largest absolute Gasteiger partial charge is 0.354 e. The highest BCUT2D eigenvalue weighted by atomic mass is 32.1. The molecule has 0 heterocycles. The van der Waals surface area contributed by atoms with Gasteiger partial charge in [0.2, 0.25) is 5.91 Å². The summed E-state index contributed by atoms with van der Waals surface area (Å²) in [4.78, 5) is 10.6. The third-order valence-electron chi connectivity index (χ3n) is 1.34. The van der Waals surface area contributed by atoms with Gasteiger partial charge in [-0.3, -0.25) is 9.10 Å². The van der Waals surface area contributed by atoms with E-state index in [-0.39, 0.29) is 11.9 Å². The first kappa shape index (κ1) is 10.8. The van der Waals surface area contributed by atoms with Crippen molar-refractivity contribution in [2.75, 3.05) is 13.6 Å². The molecule has 0 aliphatic rings. The summed E-state index contributed by atoms with van der Waals surface area (Å²) in [6.07, 6.45) is 0.930. The topological polar surface area (TPSA) is 32.3 Å². The number of hydrogen-bond acceptors (Lipinski definition) is 3. The molecule has 0 fully saturated rings. The second-order valence-corrected chi connectivity index (χ2v) is 3.45. The summed E-state index contributed by atoms with van der Waals surface area (Å²) < 4.78 is 1.80. The molecule has 0 aliphatic heterocycles. The number of carbonyl (C=O) groups excluding carboxylic acids is 1. The van der Waals surface area contributed by atoms with Crippen LogP contribution in [0.3, 0.4) is 0 Å². The highest BCUT2D eigenvalue weighted by Crippen LogP contribution is 1.94. The lowest BCUT2D eigenvalue weighted by atomic mass is 10.2. The van der Waals surface area contributed by atoms with Gasteiger partial charge in [0, 0.05) is 19.5 Å². The summed E-state index contributed by atoms with van der Waals surface area (Å²) in [6, 6.07) is 0.238. The van der Waals surface area contributed by atoms with Gasteiger partial charge < -0.3 is 5.32 Å². The monoisotopic (exact) mass is 176 g/mol. The first-order chi connectivity index (χ1) is 5.02. The standard InChI is InChI=1S/C7H16N2OS/c1-6(8-7(2)10)4-5-9(3)11/h6,11H,4-5H2,1-3H3,(H,8,10). The zero-order valence-corrected chi connectivity index (χ0v) is 8.19. The van der Waals surface area contributed by atoms with Crippen molar-refractivity contribution in [2.45, 2.75) is 26.3 Å². The first-order valence-corrected chi connectivity index (χ1v) is 4.09. The van der Waals surface area contributed by atoms with Crippen molar-refractivity contribution in [3.05, 3.63) is 0 Å². The Bertz CT molecular complexity index is 128. The molecule has 3 nitrogen and oxygen atoms in total. The van der Waals surface area contributed by atoms with Gasteiger partial charge in [0.1, 0.15) is 0 Å². The second-order valence-electron chi connectivity index (χ2n) is 2.77. The molecule has 1 atom stereocenters. The Labute approximate surface area is 73.7 Å². The zero-order chi connectivity index (χ0) is 8.85. The van der Waals surface area contributed by atoms with Crippen LogP contribution in [-0.4, -0.2) is 29.8 Å². The summed E-state index contributed by atoms with van der Waals surface area (Å²) in [7, 11) is 1.89. The van der Waals surface area contributed by atoms with Crippen molar-refractivity contribution >= 4 is 18.7 Å². The van der Waals surface area contributed by atoms with Gasteiger partial charge in [-0.1, -0.05) is 12.8 Å². The van der Waals surface area contributed by atoms with Crippen molar-refractivity contribution in [3.8, 4) is 0 Å². The van der Waals surface area contributed by atoms with E-state index in [0.717, 1.165) is 13.0 Å². The fourth-order valence-electron chi connectivity index (χ4n) is 0.800. The molecule has 0 aromatic rings. The van der Waals surface area contributed by atoms with E-state index in [1.165, 1.54) is 6.92 Å². The maximum Gasteiger partial charge on any atom is 0.217 e. The maximum absolute atomic E-state index is 10.6. The Morgan fingerprint density at radius 1 is 1.73 bits per heavy atom. The zero-order valence-electron chi connectivity index (χ0n) is 7.29. The van der Waals surface area contributed by atoms with Crippen LogP contribution < -0.4 is 5.32 Å². The highest BCUT2D eigenvalue weighted by molar-refractivity contribution is 7.77. The smallest absolute Gasteiger partial charge is 0.217 e. The van der Waals surface area contributed by atoms with E-state index in [1.54, 1.807) is 4.31 Å². The Morgan fingerprint density at radius 2 is 2.27 bits per heavy atom. The minimum absolute atomic E-state index is 0.0271. The SMILES string of the molecule is CC(=O)NC(C)CCN(C)S. The molecule has 11 heavy (non-hydrogen) atoms. The highest BCUT2D eigenvalue weighted by Gasteiger charge is 2.02. The molecule has 0 rings (SSSR count). The van der Waals surface area contributed by atoms with Gasteiger partial charge >= 0.3 is 0 Å². The minimum atomic E-state index is 0.0271. The van der Waals surface area contributed by atoms with Crippen LogP contribution >= 0.6 is 12.8 Å². The predicted octanol–water partition coefficient (Wildman–Crippen LogP) is 0.678. The molecule has 4 heteroatoms. The third kappa shape index (κ3) is 7.68. The van der Waals surface area contributed by atoms with E-state index in [0.29, 0.717) is 0 Å². The van der Waals surface area contributed by atoms with Crippen LogP contribution in [0.4, 0.5) is 0 Å². The van der Waals surface area contributed by atoms with Crippen LogP contribution in [-0.2, 0) is 4.79 Å². The Balaban J connectivity index is 3.37. The molecule has 0 aliphatic carbocycles. The molecule has 0 saturated heterocycles. The quantitative estimate of drug-likeness (QED) is 0.617. The molecule has 1 N–H and O–H groups in total. The van der Waals surface area contributed by atoms with Crippen LogP contribution in [0.5, 0.6) is 0 Å². The predicted molar refractivity (Wildman–Crippen MR) is 49.5 cm³/mol. The third-order valence-corrected chi connectivity index (χ3v) is 1.54. The maximum atomic E-state index is 10.6. The molecule has 0 radical (unpaired) electrons. The lowest BCUT2D eigenvalue weighted by Crippen LogP contribution is -2.32. The van der Waals surface area contributed by atoms with Crippen LogP contribution in [0.15, 0.2) is 0 Å². The first-order valence-electron chi connectivity index (χ1n) is 3.69. The Morgan fingerprint density at radius 3 is 2.64 bits per heavy atom. The van der Waals surface area contributed by atoms with Gasteiger partial charge in [-0.05, 0) is 20.4 Å². The normalized spacial score (nSPS) is 13.2. The van der Waals surface area contributed by atoms with Crippen molar-refractivity contribution < 1.29 is 4.79 Å². The summed E-state index contributed by atoms with van der Waals surface area (Å²) in [6.45, 7) is 4.39. The van der Waals surface area contributed by atoms with Gasteiger partial charge in [-0.15, -0.1) is 0 Å². The number of rotatable bonds is 4. The molecule has 0 aromatic carbocycles. The number of nitrogens with one attached hydrogen (secondary N) is 1. The van der Waals surface area contributed by atoms with E-state index in [4.69, 9.17) is 0 Å². The van der Waals surface area contributed by atoms with Crippen molar-refractivity contribution in [2.24, 2.45) is 0 Å². The van der Waals surface area contributed by atoms with E-state index < -0.39 is 0 Å². The molecule has 1 amide bonds. The number of amides is 1. The fourth-order valence-corrected chi connectivity index (χ4v) is 0.915. The molecule has 0 spiro atoms. The van der Waals surface area contributed by atoms with E-state index in [1.807, 2.05) is 14.0 Å². The lowest BCUT2D eigenvalue weighted by Gasteiger charge is -2.14. The van der Waals surface area contributed by atoms with Crippen LogP contribution in [0.2, 0.25) is 0 Å². The molecule has 0 aromatic heterocycles. The minimum Gasteiger partial charge on any atom is -0.354 e. The van der Waals surface area contributed by atoms with E-state index >= 15 is 0 Å². The van der Waals surface area contributed by atoms with E-state index in [2.05, 4.69) is 18.1 Å². The van der Waals surface area contributed by atoms with Gasteiger partial charge in [-0.25, -0.2) is 0 Å². The van der Waals surface area contributed by atoms with Crippen LogP contribution in [0.25, 0.3) is 0 Å². The summed E-state index contributed by atoms with van der Waals surface area (Å²) in [5, 5.41) is 2.80. The number of carbonyl (C=O) groups is 1. The van der Waals surface area contributed by atoms with Gasteiger partial charge in [0.05, 0.1) is 0 Å². The van der Waals surface area contributed by atoms with Crippen molar-refractivity contribution in [1.29, 1.82) is 0 Å². The van der Waals surface area contributed by atoms with Gasteiger partial charge in [0.15, 0.2) is 0 Å². The number of thiol groups is 1. The summed E-state index contributed by atoms with van der Waals surface area (Å²) >= 11 is 4.08. The second kappa shape index (κ2) is 5.43. The van der Waals surface area contributed by atoms with Crippen molar-refractivity contribution in [3.63, 3.8) is 0 Å². The lowest BCUT2D eigenvalue weighted by molar-refractivity contribution is -0.119. The fraction of sp³-hybridized carbons (Fsp3) is 0.857. The Hall–Kier alpha value is -0.220. The average molecular weight is 176 g/mol. The molecule has 0 saturated carbocycles. The van der Waals surface area contributed by atoms with Crippen LogP contribution in [0, 0.1) is 0 Å². The van der Waals surface area contributed by atoms with Gasteiger partial charge in [0.25, 0.3) is 0 Å². The molecule has 66 valence electrons. The molecular weight excluding hydrogens is 160 g/mol. The number of hydrogen-bond donors (Lipinski definition) is 2. The van der Waals surface area contributed by atoms with E-state index in [9.17, 15) is 4.79 Å². The van der Waals surface area contributed by atoms with Crippen molar-refractivity contribution in [1.82, 2.24) is 9.62 Å². The van der Waals surface area contributed by atoms with Gasteiger partial charge in [-0.2, -0.15) is 0 Å². The number of nitrogens with zero attached hydrogens (tertiary/aromatic N) is 1. The molecule has 0 bridgehead atoms. The summed E-state index contributed by atoms with van der Waals surface area (Å²) in [5.74, 6) is 0.0271. The molecular formula is C7H16N2OS. The Kier molecular flexibility index (Phi) is 5.32. The summed E-state index contributed by atoms with van der Waals surface area (Å²) in [5.41, 5.74) is 0. The molecule has 1 unspecified atom stereocenters.